The molecule has 2 aromatic heterocycles. The first kappa shape index (κ1) is 13.2. The summed E-state index contributed by atoms with van der Waals surface area (Å²) in [5.41, 5.74) is 1.23. The summed E-state index contributed by atoms with van der Waals surface area (Å²) in [6, 6.07) is 0.490. The average Bonchev–Trinajstić information content (AvgIpc) is 2.97. The van der Waals surface area contributed by atoms with Gasteiger partial charge in [-0.25, -0.2) is 9.97 Å². The Morgan fingerprint density at radius 1 is 1.39 bits per heavy atom. The van der Waals surface area contributed by atoms with Crippen LogP contribution in [0.5, 0.6) is 0 Å². The second-order valence-corrected chi connectivity index (χ2v) is 5.77. The summed E-state index contributed by atoms with van der Waals surface area (Å²) in [5, 5.41) is 6.64. The third-order valence-corrected chi connectivity index (χ3v) is 3.84. The van der Waals surface area contributed by atoms with E-state index >= 15 is 0 Å². The summed E-state index contributed by atoms with van der Waals surface area (Å²) in [6.07, 6.45) is 5.71. The molecule has 0 spiro atoms. The van der Waals surface area contributed by atoms with Crippen molar-refractivity contribution in [1.29, 1.82) is 0 Å². The molecule has 98 valence electrons. The van der Waals surface area contributed by atoms with Gasteiger partial charge in [0, 0.05) is 42.8 Å². The number of thiazole rings is 1. The molecule has 0 aromatic carbocycles. The molecule has 2 heterocycles. The van der Waals surface area contributed by atoms with Gasteiger partial charge < -0.3 is 9.88 Å². The van der Waals surface area contributed by atoms with E-state index in [1.54, 1.807) is 11.3 Å². The van der Waals surface area contributed by atoms with Gasteiger partial charge in [-0.2, -0.15) is 0 Å². The van der Waals surface area contributed by atoms with Gasteiger partial charge in [-0.1, -0.05) is 20.8 Å². The van der Waals surface area contributed by atoms with E-state index < -0.39 is 0 Å². The summed E-state index contributed by atoms with van der Waals surface area (Å²) in [4.78, 5) is 8.61. The molecule has 0 radical (unpaired) electrons. The van der Waals surface area contributed by atoms with Crippen LogP contribution in [0.25, 0.3) is 0 Å². The highest BCUT2D eigenvalue weighted by Gasteiger charge is 2.11. The second kappa shape index (κ2) is 6.11. The van der Waals surface area contributed by atoms with E-state index in [4.69, 9.17) is 0 Å². The van der Waals surface area contributed by atoms with Crippen molar-refractivity contribution in [2.75, 3.05) is 0 Å². The van der Waals surface area contributed by atoms with E-state index in [-0.39, 0.29) is 0 Å². The van der Waals surface area contributed by atoms with Crippen LogP contribution in [0, 0.1) is 0 Å². The number of hydrogen-bond acceptors (Lipinski definition) is 4. The molecule has 0 saturated heterocycles. The maximum atomic E-state index is 4.37. The smallest absolute Gasteiger partial charge is 0.0970 e. The van der Waals surface area contributed by atoms with Crippen LogP contribution in [0.1, 0.15) is 37.4 Å². The molecule has 0 aliphatic carbocycles. The standard InChI is InChI=1S/C13H20N4S/c1-10(2)16-7-12-6-14-9-17(12)8-11(3)13-15-4-5-18-13/h4-6,9-11,16H,7-8H2,1-3H3. The number of hydrogen-bond donors (Lipinski definition) is 1. The predicted octanol–water partition coefficient (Wildman–Crippen LogP) is 2.64. The Morgan fingerprint density at radius 2 is 2.22 bits per heavy atom. The van der Waals surface area contributed by atoms with E-state index in [1.807, 2.05) is 24.1 Å². The fraction of sp³-hybridized carbons (Fsp3) is 0.538. The first-order valence-electron chi connectivity index (χ1n) is 6.28. The molecule has 0 aliphatic rings. The second-order valence-electron chi connectivity index (χ2n) is 4.84. The van der Waals surface area contributed by atoms with Crippen molar-refractivity contribution in [2.24, 2.45) is 0 Å². The third-order valence-electron chi connectivity index (χ3n) is 2.83. The lowest BCUT2D eigenvalue weighted by molar-refractivity contribution is 0.530. The van der Waals surface area contributed by atoms with Gasteiger partial charge >= 0.3 is 0 Å². The Hall–Kier alpha value is -1.20. The summed E-state index contributed by atoms with van der Waals surface area (Å²) in [5.74, 6) is 0.428. The van der Waals surface area contributed by atoms with Gasteiger partial charge in [0.15, 0.2) is 0 Å². The quantitative estimate of drug-likeness (QED) is 0.872. The largest absolute Gasteiger partial charge is 0.333 e. The van der Waals surface area contributed by atoms with Gasteiger partial charge in [0.25, 0.3) is 0 Å². The lowest BCUT2D eigenvalue weighted by atomic mass is 10.2. The molecular formula is C13H20N4S. The molecule has 0 bridgehead atoms. The van der Waals surface area contributed by atoms with Crippen LogP contribution < -0.4 is 5.32 Å². The van der Waals surface area contributed by atoms with Gasteiger partial charge in [0.2, 0.25) is 0 Å². The molecule has 2 rings (SSSR count). The Labute approximate surface area is 112 Å². The Bertz CT molecular complexity index is 461. The normalized spacial score (nSPS) is 13.1. The lowest BCUT2D eigenvalue weighted by Gasteiger charge is -2.14. The molecular weight excluding hydrogens is 244 g/mol. The van der Waals surface area contributed by atoms with Gasteiger partial charge in [-0.3, -0.25) is 0 Å². The van der Waals surface area contributed by atoms with Gasteiger partial charge in [0.1, 0.15) is 0 Å². The van der Waals surface area contributed by atoms with Crippen molar-refractivity contribution < 1.29 is 0 Å². The van der Waals surface area contributed by atoms with Crippen LogP contribution in [-0.4, -0.2) is 20.6 Å². The first-order valence-corrected chi connectivity index (χ1v) is 7.16. The minimum Gasteiger partial charge on any atom is -0.333 e. The molecule has 1 N–H and O–H groups in total. The highest BCUT2D eigenvalue weighted by Crippen LogP contribution is 2.20. The van der Waals surface area contributed by atoms with Crippen molar-refractivity contribution >= 4 is 11.3 Å². The maximum absolute atomic E-state index is 4.37. The number of imidazole rings is 1. The van der Waals surface area contributed by atoms with Gasteiger partial charge in [-0.15, -0.1) is 11.3 Å². The van der Waals surface area contributed by atoms with Crippen molar-refractivity contribution in [3.05, 3.63) is 34.8 Å². The van der Waals surface area contributed by atoms with Crippen LogP contribution in [-0.2, 0) is 13.1 Å². The fourth-order valence-corrected chi connectivity index (χ4v) is 2.51. The molecule has 2 aromatic rings. The summed E-state index contributed by atoms with van der Waals surface area (Å²) in [7, 11) is 0. The summed E-state index contributed by atoms with van der Waals surface area (Å²) < 4.78 is 2.21. The monoisotopic (exact) mass is 264 g/mol. The molecule has 18 heavy (non-hydrogen) atoms. The van der Waals surface area contributed by atoms with E-state index in [2.05, 4.69) is 40.6 Å². The summed E-state index contributed by atoms with van der Waals surface area (Å²) in [6.45, 7) is 8.31. The van der Waals surface area contributed by atoms with Crippen LogP contribution in [0.3, 0.4) is 0 Å². The van der Waals surface area contributed by atoms with Crippen molar-refractivity contribution in [3.8, 4) is 0 Å². The Kier molecular flexibility index (Phi) is 4.49. The molecule has 0 fully saturated rings. The predicted molar refractivity (Wildman–Crippen MR) is 74.7 cm³/mol. The maximum Gasteiger partial charge on any atom is 0.0970 e. The van der Waals surface area contributed by atoms with Crippen molar-refractivity contribution in [1.82, 2.24) is 19.9 Å². The number of aromatic nitrogens is 3. The molecule has 1 unspecified atom stereocenters. The fourth-order valence-electron chi connectivity index (χ4n) is 1.82. The van der Waals surface area contributed by atoms with Crippen LogP contribution in [0.15, 0.2) is 24.1 Å². The highest BCUT2D eigenvalue weighted by atomic mass is 32.1. The van der Waals surface area contributed by atoms with E-state index in [1.165, 1.54) is 10.7 Å². The molecule has 5 heteroatoms. The number of rotatable bonds is 6. The zero-order valence-electron chi connectivity index (χ0n) is 11.1. The summed E-state index contributed by atoms with van der Waals surface area (Å²) >= 11 is 1.72. The van der Waals surface area contributed by atoms with Gasteiger partial charge in [0.05, 0.1) is 17.0 Å². The zero-order chi connectivity index (χ0) is 13.0. The van der Waals surface area contributed by atoms with Crippen LogP contribution >= 0.6 is 11.3 Å². The molecule has 0 saturated carbocycles. The minimum atomic E-state index is 0.428. The molecule has 0 aliphatic heterocycles. The average molecular weight is 264 g/mol. The Morgan fingerprint density at radius 3 is 2.89 bits per heavy atom. The topological polar surface area (TPSA) is 42.7 Å². The van der Waals surface area contributed by atoms with Crippen molar-refractivity contribution in [3.63, 3.8) is 0 Å². The minimum absolute atomic E-state index is 0.428. The molecule has 0 amide bonds. The van der Waals surface area contributed by atoms with E-state index in [0.717, 1.165) is 13.1 Å². The zero-order valence-corrected chi connectivity index (χ0v) is 11.9. The lowest BCUT2D eigenvalue weighted by Crippen LogP contribution is -2.23. The first-order chi connectivity index (χ1) is 8.66. The van der Waals surface area contributed by atoms with Crippen LogP contribution in [0.2, 0.25) is 0 Å². The third kappa shape index (κ3) is 3.40. The number of nitrogens with zero attached hydrogens (tertiary/aromatic N) is 3. The molecule has 4 nitrogen and oxygen atoms in total. The van der Waals surface area contributed by atoms with E-state index in [9.17, 15) is 0 Å². The number of nitrogens with one attached hydrogen (secondary N) is 1. The SMILES string of the molecule is CC(C)NCc1cncn1CC(C)c1nccs1. The van der Waals surface area contributed by atoms with Crippen LogP contribution in [0.4, 0.5) is 0 Å². The van der Waals surface area contributed by atoms with Gasteiger partial charge in [-0.05, 0) is 0 Å². The molecule has 1 atom stereocenters. The van der Waals surface area contributed by atoms with E-state index in [0.29, 0.717) is 12.0 Å². The Balaban J connectivity index is 1.99. The highest BCUT2D eigenvalue weighted by molar-refractivity contribution is 7.09. The van der Waals surface area contributed by atoms with Crippen molar-refractivity contribution in [2.45, 2.75) is 45.8 Å².